The number of nitrogens with two attached hydrogens (primary N) is 1. The molecule has 0 radical (unpaired) electrons. The van der Waals surface area contributed by atoms with Gasteiger partial charge >= 0.3 is 0 Å². The maximum absolute atomic E-state index is 6.13. The molecular weight excluding hydrogens is 248 g/mol. The van der Waals surface area contributed by atoms with Crippen LogP contribution >= 0.6 is 0 Å². The van der Waals surface area contributed by atoms with E-state index < -0.39 is 0 Å². The van der Waals surface area contributed by atoms with Crippen LogP contribution in [0.15, 0.2) is 36.4 Å². The lowest BCUT2D eigenvalue weighted by molar-refractivity contribution is 0.104. The maximum Gasteiger partial charge on any atom is 0.0588 e. The zero-order chi connectivity index (χ0) is 13.8. The van der Waals surface area contributed by atoms with Crippen molar-refractivity contribution in [1.82, 2.24) is 5.32 Å². The molecular formula is C17H22N2O. The molecule has 0 amide bonds. The van der Waals surface area contributed by atoms with Crippen LogP contribution in [0.2, 0.25) is 0 Å². The van der Waals surface area contributed by atoms with Crippen LogP contribution in [0.25, 0.3) is 10.8 Å². The van der Waals surface area contributed by atoms with E-state index in [1.54, 1.807) is 0 Å². The van der Waals surface area contributed by atoms with E-state index in [2.05, 4.69) is 35.6 Å². The van der Waals surface area contributed by atoms with Gasteiger partial charge in [-0.25, -0.2) is 0 Å². The van der Waals surface area contributed by atoms with Crippen LogP contribution in [0.4, 0.5) is 5.69 Å². The lowest BCUT2D eigenvalue weighted by Crippen LogP contribution is -2.20. The van der Waals surface area contributed by atoms with E-state index in [0.717, 1.165) is 31.8 Å². The highest BCUT2D eigenvalue weighted by Gasteiger charge is 2.14. The monoisotopic (exact) mass is 270 g/mol. The first-order valence-electron chi connectivity index (χ1n) is 7.42. The van der Waals surface area contributed by atoms with Gasteiger partial charge < -0.3 is 15.8 Å². The summed E-state index contributed by atoms with van der Waals surface area (Å²) in [6.07, 6.45) is 3.96. The molecule has 0 aromatic heterocycles. The second-order valence-corrected chi connectivity index (χ2v) is 5.50. The minimum atomic E-state index is 0.455. The number of ether oxygens (including phenoxy) is 1. The number of fused-ring (bicyclic) bond motifs is 1. The fourth-order valence-electron chi connectivity index (χ4n) is 2.82. The van der Waals surface area contributed by atoms with Gasteiger partial charge in [0.05, 0.1) is 6.10 Å². The second kappa shape index (κ2) is 6.25. The molecule has 0 saturated carbocycles. The first kappa shape index (κ1) is 13.4. The molecule has 1 heterocycles. The van der Waals surface area contributed by atoms with Gasteiger partial charge in [0.15, 0.2) is 0 Å². The third kappa shape index (κ3) is 3.11. The largest absolute Gasteiger partial charge is 0.398 e. The Morgan fingerprint density at radius 1 is 1.20 bits per heavy atom. The van der Waals surface area contributed by atoms with Gasteiger partial charge in [0.25, 0.3) is 0 Å². The first-order valence-corrected chi connectivity index (χ1v) is 7.42. The summed E-state index contributed by atoms with van der Waals surface area (Å²) in [5, 5.41) is 5.92. The number of nitrogens with one attached hydrogen (secondary N) is 1. The Morgan fingerprint density at radius 3 is 2.75 bits per heavy atom. The molecule has 1 fully saturated rings. The maximum atomic E-state index is 6.13. The molecule has 1 aliphatic heterocycles. The van der Waals surface area contributed by atoms with Crippen molar-refractivity contribution in [3.05, 3.63) is 42.0 Å². The molecule has 0 spiro atoms. The summed E-state index contributed by atoms with van der Waals surface area (Å²) >= 11 is 0. The zero-order valence-corrected chi connectivity index (χ0v) is 11.8. The Balaban J connectivity index is 1.57. The van der Waals surface area contributed by atoms with Crippen LogP contribution in [0, 0.1) is 0 Å². The third-order valence-corrected chi connectivity index (χ3v) is 3.99. The van der Waals surface area contributed by atoms with E-state index >= 15 is 0 Å². The van der Waals surface area contributed by atoms with Gasteiger partial charge in [-0.1, -0.05) is 24.3 Å². The average Bonchev–Trinajstić information content (AvgIpc) is 2.97. The quantitative estimate of drug-likeness (QED) is 0.648. The van der Waals surface area contributed by atoms with Crippen molar-refractivity contribution in [1.29, 1.82) is 0 Å². The van der Waals surface area contributed by atoms with Crippen molar-refractivity contribution in [3.8, 4) is 0 Å². The molecule has 2 aromatic rings. The highest BCUT2D eigenvalue weighted by Crippen LogP contribution is 2.22. The number of benzene rings is 2. The fraction of sp³-hybridized carbons (Fsp3) is 0.412. The van der Waals surface area contributed by atoms with Crippen molar-refractivity contribution in [3.63, 3.8) is 0 Å². The molecule has 0 aliphatic carbocycles. The van der Waals surface area contributed by atoms with Gasteiger partial charge in [0.1, 0.15) is 0 Å². The van der Waals surface area contributed by atoms with Gasteiger partial charge in [-0.2, -0.15) is 0 Å². The summed E-state index contributed by atoms with van der Waals surface area (Å²) in [5.74, 6) is 0. The molecule has 0 bridgehead atoms. The Labute approximate surface area is 120 Å². The number of hydrogen-bond acceptors (Lipinski definition) is 3. The zero-order valence-electron chi connectivity index (χ0n) is 11.8. The molecule has 3 nitrogen and oxygen atoms in total. The third-order valence-electron chi connectivity index (χ3n) is 3.99. The molecule has 1 saturated heterocycles. The van der Waals surface area contributed by atoms with Crippen LogP contribution in [-0.2, 0) is 11.3 Å². The molecule has 3 N–H and O–H groups in total. The van der Waals surface area contributed by atoms with Crippen LogP contribution < -0.4 is 11.1 Å². The predicted octanol–water partition coefficient (Wildman–Crippen LogP) is 3.08. The van der Waals surface area contributed by atoms with E-state index in [1.807, 2.05) is 6.07 Å². The minimum absolute atomic E-state index is 0.455. The lowest BCUT2D eigenvalue weighted by atomic mass is 10.0. The standard InChI is InChI=1S/C17H22N2O/c18-17-11-14-5-2-1-4-13(14)10-15(17)12-19-8-7-16-6-3-9-20-16/h1-2,4-5,10-11,16,19H,3,6-9,12,18H2. The van der Waals surface area contributed by atoms with E-state index in [-0.39, 0.29) is 0 Å². The summed E-state index contributed by atoms with van der Waals surface area (Å²) in [6.45, 7) is 2.74. The molecule has 20 heavy (non-hydrogen) atoms. The summed E-state index contributed by atoms with van der Waals surface area (Å²) in [5.41, 5.74) is 8.17. The highest BCUT2D eigenvalue weighted by atomic mass is 16.5. The van der Waals surface area contributed by atoms with Crippen LogP contribution in [0.1, 0.15) is 24.8 Å². The topological polar surface area (TPSA) is 47.3 Å². The fourth-order valence-corrected chi connectivity index (χ4v) is 2.82. The van der Waals surface area contributed by atoms with E-state index in [4.69, 9.17) is 10.5 Å². The van der Waals surface area contributed by atoms with Gasteiger partial charge in [-0.3, -0.25) is 0 Å². The van der Waals surface area contributed by atoms with Crippen LogP contribution in [0.3, 0.4) is 0 Å². The average molecular weight is 270 g/mol. The molecule has 3 rings (SSSR count). The molecule has 1 unspecified atom stereocenters. The van der Waals surface area contributed by atoms with Gasteiger partial charge in [-0.05, 0) is 54.3 Å². The summed E-state index contributed by atoms with van der Waals surface area (Å²) < 4.78 is 5.62. The molecule has 3 heteroatoms. The van der Waals surface area contributed by atoms with Crippen molar-refractivity contribution in [2.24, 2.45) is 0 Å². The second-order valence-electron chi connectivity index (χ2n) is 5.50. The van der Waals surface area contributed by atoms with E-state index in [0.29, 0.717) is 6.10 Å². The molecule has 2 aromatic carbocycles. The van der Waals surface area contributed by atoms with Crippen molar-refractivity contribution < 1.29 is 4.74 Å². The Kier molecular flexibility index (Phi) is 4.19. The number of anilines is 1. The Morgan fingerprint density at radius 2 is 2.00 bits per heavy atom. The normalized spacial score (nSPS) is 18.7. The van der Waals surface area contributed by atoms with E-state index in [9.17, 15) is 0 Å². The summed E-state index contributed by atoms with van der Waals surface area (Å²) in [4.78, 5) is 0. The van der Waals surface area contributed by atoms with E-state index in [1.165, 1.54) is 29.2 Å². The number of nitrogen functional groups attached to an aromatic ring is 1. The van der Waals surface area contributed by atoms with Gasteiger partial charge in [0.2, 0.25) is 0 Å². The SMILES string of the molecule is Nc1cc2ccccc2cc1CNCCC1CCCO1. The van der Waals surface area contributed by atoms with Crippen molar-refractivity contribution >= 4 is 16.5 Å². The highest BCUT2D eigenvalue weighted by molar-refractivity contribution is 5.86. The van der Waals surface area contributed by atoms with Gasteiger partial charge in [-0.15, -0.1) is 0 Å². The number of rotatable bonds is 5. The molecule has 1 atom stereocenters. The summed E-state index contributed by atoms with van der Waals surface area (Å²) in [6, 6.07) is 12.6. The van der Waals surface area contributed by atoms with Crippen LogP contribution in [-0.4, -0.2) is 19.3 Å². The summed E-state index contributed by atoms with van der Waals surface area (Å²) in [7, 11) is 0. The predicted molar refractivity (Wildman–Crippen MR) is 83.7 cm³/mol. The minimum Gasteiger partial charge on any atom is -0.398 e. The van der Waals surface area contributed by atoms with Crippen molar-refractivity contribution in [2.75, 3.05) is 18.9 Å². The lowest BCUT2D eigenvalue weighted by Gasteiger charge is -2.12. The molecule has 106 valence electrons. The van der Waals surface area contributed by atoms with Crippen molar-refractivity contribution in [2.45, 2.75) is 31.9 Å². The van der Waals surface area contributed by atoms with Gasteiger partial charge in [0, 0.05) is 18.8 Å². The smallest absolute Gasteiger partial charge is 0.0588 e. The first-order chi connectivity index (χ1) is 9.83. The van der Waals surface area contributed by atoms with Crippen LogP contribution in [0.5, 0.6) is 0 Å². The number of hydrogen-bond donors (Lipinski definition) is 2. The Bertz CT molecular complexity index is 576. The molecule has 1 aliphatic rings. The Hall–Kier alpha value is -1.58.